The second kappa shape index (κ2) is 14.2. The van der Waals surface area contributed by atoms with Crippen molar-refractivity contribution in [2.45, 2.75) is 70.3 Å². The maximum absolute atomic E-state index is 14.5. The molecule has 14 heteroatoms. The van der Waals surface area contributed by atoms with Crippen LogP contribution < -0.4 is 0 Å². The lowest BCUT2D eigenvalue weighted by Gasteiger charge is -2.28. The number of carboxylic acids is 1. The number of ketones is 2. The van der Waals surface area contributed by atoms with Gasteiger partial charge in [0.2, 0.25) is 0 Å². The predicted molar refractivity (Wildman–Crippen MR) is 158 cm³/mol. The van der Waals surface area contributed by atoms with Crippen molar-refractivity contribution >= 4 is 40.7 Å². The lowest BCUT2D eigenvalue weighted by atomic mass is 9.79. The molecule has 2 unspecified atom stereocenters. The maximum atomic E-state index is 14.5. The van der Waals surface area contributed by atoms with E-state index in [1.165, 1.54) is 37.3 Å². The van der Waals surface area contributed by atoms with E-state index >= 15 is 0 Å². The highest BCUT2D eigenvalue weighted by Gasteiger charge is 2.44. The normalized spacial score (nSPS) is 18.6. The van der Waals surface area contributed by atoms with Crippen LogP contribution in [0.3, 0.4) is 0 Å². The molecule has 0 aliphatic heterocycles. The fraction of sp³-hybridized carbons (Fsp3) is 0.438. The summed E-state index contributed by atoms with van der Waals surface area (Å²) >= 11 is 12.4. The molecule has 0 saturated heterocycles. The van der Waals surface area contributed by atoms with Crippen LogP contribution >= 0.6 is 23.2 Å². The highest BCUT2D eigenvalue weighted by atomic mass is 35.5. The molecule has 1 N–H and O–H groups in total. The Morgan fingerprint density at radius 1 is 0.935 bits per heavy atom. The smallest absolute Gasteiger partial charge is 0.433 e. The molecule has 0 bridgehead atoms. The molecule has 2 atom stereocenters. The molecule has 1 aliphatic rings. The Bertz CT molecular complexity index is 1560. The minimum Gasteiger partial charge on any atom is -0.481 e. The summed E-state index contributed by atoms with van der Waals surface area (Å²) in [6.45, 7) is 1.53. The Morgan fingerprint density at radius 3 is 2.04 bits per heavy atom. The van der Waals surface area contributed by atoms with E-state index in [9.17, 15) is 45.8 Å². The van der Waals surface area contributed by atoms with E-state index < -0.39 is 70.5 Å². The van der Waals surface area contributed by atoms with Gasteiger partial charge in [-0.1, -0.05) is 48.3 Å². The SMILES string of the molecule is CC(CC(=O)c1c(Cl)cccc1Cl)C(CCc1ccc(C(F)(F)F)cc1)C(=O)c1cnn(C2CCC(C(=O)O)CC2)c1C(F)(F)F. The van der Waals surface area contributed by atoms with Gasteiger partial charge >= 0.3 is 18.3 Å². The topological polar surface area (TPSA) is 89.3 Å². The summed E-state index contributed by atoms with van der Waals surface area (Å²) in [6, 6.07) is 7.88. The lowest BCUT2D eigenvalue weighted by Crippen LogP contribution is -2.29. The minimum absolute atomic E-state index is 0.00684. The summed E-state index contributed by atoms with van der Waals surface area (Å²) in [4.78, 5) is 38.6. The number of Topliss-reactive ketones (excluding diaryl/α,β-unsaturated/α-hetero) is 2. The lowest BCUT2D eigenvalue weighted by molar-refractivity contribution is -0.147. The van der Waals surface area contributed by atoms with Crippen molar-refractivity contribution in [3.05, 3.63) is 86.7 Å². The van der Waals surface area contributed by atoms with Crippen LogP contribution in [0, 0.1) is 17.8 Å². The third-order valence-electron chi connectivity index (χ3n) is 8.52. The summed E-state index contributed by atoms with van der Waals surface area (Å²) in [5.74, 6) is -5.16. The Labute approximate surface area is 270 Å². The van der Waals surface area contributed by atoms with Gasteiger partial charge in [0.1, 0.15) is 0 Å². The highest BCUT2D eigenvalue weighted by Crippen LogP contribution is 2.41. The van der Waals surface area contributed by atoms with Gasteiger partial charge in [-0.05, 0) is 74.3 Å². The van der Waals surface area contributed by atoms with E-state index in [0.717, 1.165) is 23.0 Å². The van der Waals surface area contributed by atoms with Crippen LogP contribution in [0.5, 0.6) is 0 Å². The molecule has 2 aromatic carbocycles. The van der Waals surface area contributed by atoms with Gasteiger partial charge in [0, 0.05) is 12.3 Å². The Kier molecular flexibility index (Phi) is 10.9. The average Bonchev–Trinajstić information content (AvgIpc) is 3.43. The standard InChI is InChI=1S/C32H30Cl2F6N2O4/c1-17(15-26(43)27-24(33)3-2-4-25(27)34)22(14-7-18-5-10-20(11-6-18)31(35,36)37)28(44)23-16-41-42(29(23)32(38,39)40)21-12-8-19(9-13-21)30(45)46/h2-6,10-11,16-17,19,21-22H,7-9,12-15H2,1H3,(H,45,46). The van der Waals surface area contributed by atoms with Crippen molar-refractivity contribution < 1.29 is 45.8 Å². The Hall–Kier alpha value is -3.38. The van der Waals surface area contributed by atoms with Crippen molar-refractivity contribution in [1.29, 1.82) is 0 Å². The molecule has 1 aromatic heterocycles. The average molecular weight is 691 g/mol. The van der Waals surface area contributed by atoms with Crippen LogP contribution in [-0.2, 0) is 23.6 Å². The number of carbonyl (C=O) groups excluding carboxylic acids is 2. The van der Waals surface area contributed by atoms with Crippen LogP contribution in [0.1, 0.15) is 89.0 Å². The van der Waals surface area contributed by atoms with Crippen molar-refractivity contribution in [3.63, 3.8) is 0 Å². The molecule has 4 rings (SSSR count). The summed E-state index contributed by atoms with van der Waals surface area (Å²) in [5, 5.41) is 13.4. The zero-order chi connectivity index (χ0) is 34.0. The molecule has 0 radical (unpaired) electrons. The number of hydrogen-bond acceptors (Lipinski definition) is 4. The third-order valence-corrected chi connectivity index (χ3v) is 9.15. The maximum Gasteiger partial charge on any atom is 0.433 e. The van der Waals surface area contributed by atoms with Crippen molar-refractivity contribution in [2.75, 3.05) is 0 Å². The quantitative estimate of drug-likeness (QED) is 0.160. The van der Waals surface area contributed by atoms with Crippen molar-refractivity contribution in [2.24, 2.45) is 17.8 Å². The monoisotopic (exact) mass is 690 g/mol. The zero-order valence-corrected chi connectivity index (χ0v) is 26.0. The fourth-order valence-electron chi connectivity index (χ4n) is 6.03. The number of nitrogens with zero attached hydrogens (tertiary/aromatic N) is 2. The van der Waals surface area contributed by atoms with Crippen LogP contribution in [0.4, 0.5) is 26.3 Å². The van der Waals surface area contributed by atoms with E-state index in [1.54, 1.807) is 0 Å². The molecule has 1 heterocycles. The molecule has 248 valence electrons. The largest absolute Gasteiger partial charge is 0.481 e. The van der Waals surface area contributed by atoms with E-state index in [1.807, 2.05) is 0 Å². The predicted octanol–water partition coefficient (Wildman–Crippen LogP) is 9.38. The van der Waals surface area contributed by atoms with Crippen LogP contribution in [0.25, 0.3) is 0 Å². The third kappa shape index (κ3) is 8.12. The van der Waals surface area contributed by atoms with Crippen LogP contribution in [0.2, 0.25) is 10.0 Å². The summed E-state index contributed by atoms with van der Waals surface area (Å²) in [7, 11) is 0. The number of rotatable bonds is 11. The molecule has 6 nitrogen and oxygen atoms in total. The van der Waals surface area contributed by atoms with Crippen LogP contribution in [-0.4, -0.2) is 32.4 Å². The molecule has 1 aliphatic carbocycles. The summed E-state index contributed by atoms with van der Waals surface area (Å²) < 4.78 is 83.6. The second-order valence-electron chi connectivity index (χ2n) is 11.6. The Balaban J connectivity index is 1.66. The molecule has 0 spiro atoms. The van der Waals surface area contributed by atoms with Gasteiger partial charge in [-0.2, -0.15) is 31.4 Å². The summed E-state index contributed by atoms with van der Waals surface area (Å²) in [5.41, 5.74) is -2.41. The molecule has 3 aromatic rings. The molecule has 46 heavy (non-hydrogen) atoms. The second-order valence-corrected chi connectivity index (χ2v) is 12.4. The number of hydrogen-bond donors (Lipinski definition) is 1. The van der Waals surface area contributed by atoms with E-state index in [4.69, 9.17) is 23.2 Å². The van der Waals surface area contributed by atoms with Crippen molar-refractivity contribution in [3.8, 4) is 0 Å². The van der Waals surface area contributed by atoms with Crippen LogP contribution in [0.15, 0.2) is 48.7 Å². The van der Waals surface area contributed by atoms with E-state index in [0.29, 0.717) is 5.56 Å². The zero-order valence-electron chi connectivity index (χ0n) is 24.5. The number of carbonyl (C=O) groups is 3. The summed E-state index contributed by atoms with van der Waals surface area (Å²) in [6.07, 6.45) is -8.51. The first-order chi connectivity index (χ1) is 21.5. The molecule has 1 fully saturated rings. The van der Waals surface area contributed by atoms with Gasteiger partial charge < -0.3 is 5.11 Å². The van der Waals surface area contributed by atoms with Gasteiger partial charge in [-0.25, -0.2) is 0 Å². The fourth-order valence-corrected chi connectivity index (χ4v) is 6.63. The number of carboxylic acid groups (broad SMARTS) is 1. The van der Waals surface area contributed by atoms with Gasteiger partial charge in [0.15, 0.2) is 17.3 Å². The van der Waals surface area contributed by atoms with E-state index in [2.05, 4.69) is 5.10 Å². The number of halogens is 8. The first kappa shape index (κ1) is 35.5. The van der Waals surface area contributed by atoms with Gasteiger partial charge in [-0.3, -0.25) is 19.1 Å². The number of benzene rings is 2. The molecular formula is C32H30Cl2F6N2O4. The number of aromatic nitrogens is 2. The molecule has 1 saturated carbocycles. The van der Waals surface area contributed by atoms with E-state index in [-0.39, 0.29) is 60.6 Å². The first-order valence-corrected chi connectivity index (χ1v) is 15.3. The molecular weight excluding hydrogens is 661 g/mol. The highest BCUT2D eigenvalue weighted by molar-refractivity contribution is 6.39. The van der Waals surface area contributed by atoms with Gasteiger partial charge in [-0.15, -0.1) is 0 Å². The number of alkyl halides is 6. The van der Waals surface area contributed by atoms with Gasteiger partial charge in [0.25, 0.3) is 0 Å². The first-order valence-electron chi connectivity index (χ1n) is 14.5. The number of aryl methyl sites for hydroxylation is 1. The van der Waals surface area contributed by atoms with Gasteiger partial charge in [0.05, 0.1) is 44.9 Å². The minimum atomic E-state index is -4.99. The Morgan fingerprint density at radius 2 is 1.52 bits per heavy atom. The number of aliphatic carboxylic acids is 1. The van der Waals surface area contributed by atoms with Crippen molar-refractivity contribution in [1.82, 2.24) is 9.78 Å². The molecule has 0 amide bonds.